The minimum absolute atomic E-state index is 0. The van der Waals surface area contributed by atoms with E-state index < -0.39 is 0 Å². The van der Waals surface area contributed by atoms with Crippen LogP contribution in [0.3, 0.4) is 0 Å². The first-order valence-corrected chi connectivity index (χ1v) is 8.16. The fourth-order valence-electron chi connectivity index (χ4n) is 2.05. The maximum Gasteiger partial charge on any atom is 1.00 e. The molecule has 116 valence electrons. The standard InChI is InChI=1S/C20H16NS.ClH.Hg/c1-3-9-17(10-4-1)15-21-19-13-7-8-14-20(19)22-16-18-11-5-2-6-12-18;;/h1-7,9-15H,16H2;1H;/q;;+1/p-1. The van der Waals surface area contributed by atoms with E-state index in [1.165, 1.54) is 5.56 Å². The van der Waals surface area contributed by atoms with Crippen molar-refractivity contribution in [3.63, 3.8) is 0 Å². The molecule has 2 radical (unpaired) electrons. The molecular formula is C20H16ClHgNS. The molecule has 0 fully saturated rings. The molecule has 0 spiro atoms. The molecule has 0 N–H and O–H groups in total. The number of benzene rings is 2. The fourth-order valence-corrected chi connectivity index (χ4v) is 2.98. The van der Waals surface area contributed by atoms with Crippen LogP contribution in [0.15, 0.2) is 95.3 Å². The quantitative estimate of drug-likeness (QED) is 0.323. The predicted octanol–water partition coefficient (Wildman–Crippen LogP) is 2.18. The van der Waals surface area contributed by atoms with Crippen molar-refractivity contribution in [1.82, 2.24) is 0 Å². The number of halogens is 1. The van der Waals surface area contributed by atoms with Crippen LogP contribution < -0.4 is 12.4 Å². The van der Waals surface area contributed by atoms with Gasteiger partial charge in [0, 0.05) is 12.0 Å². The zero-order chi connectivity index (χ0) is 15.0. The van der Waals surface area contributed by atoms with E-state index >= 15 is 0 Å². The molecule has 3 rings (SSSR count). The van der Waals surface area contributed by atoms with Crippen LogP contribution >= 0.6 is 11.8 Å². The number of aliphatic imine (C=N–C) groups is 1. The number of thioether (sulfide) groups is 1. The third kappa shape index (κ3) is 6.45. The number of nitrogens with zero attached hydrogens (tertiary/aromatic N) is 1. The van der Waals surface area contributed by atoms with Crippen molar-refractivity contribution in [2.24, 2.45) is 4.99 Å². The SMILES string of the molecule is C1=CC=C(N=Cc2ccccc2)[C](SCc2ccccc2)C=1.[Cl-].[Hg+]. The number of hydrogen-bond acceptors (Lipinski definition) is 2. The maximum absolute atomic E-state index is 4.62. The average Bonchev–Trinajstić information content (AvgIpc) is 2.61. The Morgan fingerprint density at radius 3 is 2.33 bits per heavy atom. The van der Waals surface area contributed by atoms with E-state index in [1.807, 2.05) is 48.7 Å². The molecule has 1 aliphatic rings. The Morgan fingerprint density at radius 1 is 0.958 bits per heavy atom. The van der Waals surface area contributed by atoms with Crippen molar-refractivity contribution in [3.05, 3.63) is 107 Å². The minimum atomic E-state index is 0. The summed E-state index contributed by atoms with van der Waals surface area (Å²) < 4.78 is 0. The van der Waals surface area contributed by atoms with Crippen LogP contribution in [0.5, 0.6) is 0 Å². The number of allylic oxidation sites excluding steroid dienone is 1. The van der Waals surface area contributed by atoms with Crippen LogP contribution in [0.2, 0.25) is 0 Å². The van der Waals surface area contributed by atoms with E-state index in [4.69, 9.17) is 0 Å². The van der Waals surface area contributed by atoms with Gasteiger partial charge in [0.15, 0.2) is 0 Å². The van der Waals surface area contributed by atoms with Crippen LogP contribution in [-0.2, 0) is 33.4 Å². The molecule has 0 bridgehead atoms. The van der Waals surface area contributed by atoms with Crippen LogP contribution in [0.25, 0.3) is 0 Å². The topological polar surface area (TPSA) is 12.4 Å². The Labute approximate surface area is 174 Å². The summed E-state index contributed by atoms with van der Waals surface area (Å²) in [5.41, 5.74) is 6.55. The summed E-state index contributed by atoms with van der Waals surface area (Å²) >= 11 is 1.79. The summed E-state index contributed by atoms with van der Waals surface area (Å²) in [7, 11) is 0. The molecule has 2 aromatic rings. The van der Waals surface area contributed by atoms with E-state index in [0.717, 1.165) is 22.3 Å². The third-order valence-corrected chi connectivity index (χ3v) is 4.31. The predicted molar refractivity (Wildman–Crippen MR) is 95.8 cm³/mol. The van der Waals surface area contributed by atoms with Gasteiger partial charge in [-0.1, -0.05) is 60.7 Å². The zero-order valence-corrected chi connectivity index (χ0v) is 20.3. The van der Waals surface area contributed by atoms with Gasteiger partial charge in [-0.25, -0.2) is 0 Å². The van der Waals surface area contributed by atoms with Gasteiger partial charge in [0.05, 0.1) is 5.70 Å². The van der Waals surface area contributed by atoms with Gasteiger partial charge in [0.25, 0.3) is 0 Å². The molecule has 0 atom stereocenters. The molecule has 1 aliphatic carbocycles. The summed E-state index contributed by atoms with van der Waals surface area (Å²) in [4.78, 5) is 4.62. The second-order valence-corrected chi connectivity index (χ2v) is 5.85. The van der Waals surface area contributed by atoms with Gasteiger partial charge in [-0.15, -0.1) is 17.5 Å². The molecule has 0 saturated heterocycles. The van der Waals surface area contributed by atoms with Crippen molar-refractivity contribution in [2.45, 2.75) is 5.75 Å². The summed E-state index contributed by atoms with van der Waals surface area (Å²) in [5, 5.41) is 1.15. The second kappa shape index (κ2) is 11.5. The monoisotopic (exact) mass is 539 g/mol. The molecular weight excluding hydrogens is 522 g/mol. The molecule has 1 nitrogen and oxygen atoms in total. The van der Waals surface area contributed by atoms with E-state index in [1.54, 1.807) is 11.8 Å². The summed E-state index contributed by atoms with van der Waals surface area (Å²) in [6.45, 7) is 0. The van der Waals surface area contributed by atoms with Gasteiger partial charge >= 0.3 is 27.7 Å². The minimum Gasteiger partial charge on any atom is -1.00 e. The normalized spacial score (nSPS) is 13.2. The smallest absolute Gasteiger partial charge is 1.00 e. The van der Waals surface area contributed by atoms with Gasteiger partial charge in [-0.3, -0.25) is 4.99 Å². The first-order valence-electron chi connectivity index (χ1n) is 7.18. The van der Waals surface area contributed by atoms with Crippen molar-refractivity contribution in [2.75, 3.05) is 0 Å². The first kappa shape index (κ1) is 21.0. The molecule has 2 aromatic carbocycles. The first-order chi connectivity index (χ1) is 10.9. The van der Waals surface area contributed by atoms with E-state index in [2.05, 4.69) is 47.1 Å². The largest absolute Gasteiger partial charge is 1.00 e. The average molecular weight is 538 g/mol. The van der Waals surface area contributed by atoms with Crippen LogP contribution in [0.1, 0.15) is 11.1 Å². The van der Waals surface area contributed by atoms with Crippen molar-refractivity contribution in [1.29, 1.82) is 0 Å². The van der Waals surface area contributed by atoms with E-state index in [0.29, 0.717) is 0 Å². The third-order valence-electron chi connectivity index (χ3n) is 3.19. The second-order valence-electron chi connectivity index (χ2n) is 4.84. The summed E-state index contributed by atoms with van der Waals surface area (Å²) in [5.74, 6) is 0.937. The number of hydrogen-bond donors (Lipinski definition) is 0. The Morgan fingerprint density at radius 2 is 1.62 bits per heavy atom. The molecule has 24 heavy (non-hydrogen) atoms. The molecule has 0 aliphatic heterocycles. The Balaban J connectivity index is 0.00000144. The van der Waals surface area contributed by atoms with Crippen LogP contribution in [-0.4, -0.2) is 6.21 Å². The molecule has 4 heteroatoms. The molecule has 0 saturated carbocycles. The van der Waals surface area contributed by atoms with Crippen molar-refractivity contribution in [3.8, 4) is 0 Å². The van der Waals surface area contributed by atoms with Gasteiger partial charge in [-0.05, 0) is 29.4 Å². The van der Waals surface area contributed by atoms with Crippen LogP contribution in [0, 0.1) is 5.25 Å². The Bertz CT molecular complexity index is 735. The van der Waals surface area contributed by atoms with E-state index in [-0.39, 0.29) is 40.1 Å². The molecule has 0 aromatic heterocycles. The molecule has 0 heterocycles. The zero-order valence-electron chi connectivity index (χ0n) is 13.2. The van der Waals surface area contributed by atoms with Crippen LogP contribution in [0.4, 0.5) is 0 Å². The molecule has 0 amide bonds. The number of rotatable bonds is 5. The van der Waals surface area contributed by atoms with Crippen molar-refractivity contribution < 1.29 is 40.1 Å². The summed E-state index contributed by atoms with van der Waals surface area (Å²) in [6.07, 6.45) is 7.82. The molecule has 0 unspecified atom stereocenters. The van der Waals surface area contributed by atoms with Gasteiger partial charge in [-0.2, -0.15) is 0 Å². The van der Waals surface area contributed by atoms with Gasteiger partial charge < -0.3 is 12.4 Å². The Hall–Kier alpha value is -1.05. The fraction of sp³-hybridized carbons (Fsp3) is 0.0500. The van der Waals surface area contributed by atoms with E-state index in [9.17, 15) is 0 Å². The summed E-state index contributed by atoms with van der Waals surface area (Å²) in [6, 6.07) is 20.6. The van der Waals surface area contributed by atoms with Gasteiger partial charge in [0.1, 0.15) is 5.25 Å². The van der Waals surface area contributed by atoms with Gasteiger partial charge in [0.2, 0.25) is 0 Å². The maximum atomic E-state index is 4.62. The van der Waals surface area contributed by atoms with Crippen molar-refractivity contribution >= 4 is 18.0 Å². The Kier molecular flexibility index (Phi) is 10.0.